The Morgan fingerprint density at radius 1 is 1.37 bits per heavy atom. The van der Waals surface area contributed by atoms with Gasteiger partial charge < -0.3 is 5.32 Å². The summed E-state index contributed by atoms with van der Waals surface area (Å²) in [5, 5.41) is 10.2. The number of nitrogens with zero attached hydrogens (tertiary/aromatic N) is 4. The minimum atomic E-state index is 0.231. The summed E-state index contributed by atoms with van der Waals surface area (Å²) in [6, 6.07) is 0.231. The van der Waals surface area contributed by atoms with Crippen molar-refractivity contribution in [3.63, 3.8) is 0 Å². The Morgan fingerprint density at radius 2 is 2.26 bits per heavy atom. The van der Waals surface area contributed by atoms with Gasteiger partial charge in [0.1, 0.15) is 4.60 Å². The minimum Gasteiger partial charge on any atom is -0.304 e. The van der Waals surface area contributed by atoms with E-state index in [2.05, 4.69) is 48.3 Å². The van der Waals surface area contributed by atoms with Gasteiger partial charge in [0, 0.05) is 30.5 Å². The Hall–Kier alpha value is -1.73. The lowest BCUT2D eigenvalue weighted by atomic mass is 10.2. The first-order valence-corrected chi connectivity index (χ1v) is 6.73. The lowest BCUT2D eigenvalue weighted by molar-refractivity contribution is 0.566. The standard InChI is InChI=1S/C12H13BrN6/c1-8(9-2-17-18-3-9)14-4-10-5-16-12-6-15-11(13)7-19(10)12/h2-3,5-8,14H,4H2,1H3,(H,17,18). The quantitative estimate of drug-likeness (QED) is 0.772. The molecule has 2 N–H and O–H groups in total. The summed E-state index contributed by atoms with van der Waals surface area (Å²) >= 11 is 3.37. The number of H-pyrrole nitrogens is 1. The molecule has 0 saturated heterocycles. The van der Waals surface area contributed by atoms with Gasteiger partial charge in [-0.3, -0.25) is 9.50 Å². The molecule has 3 aromatic heterocycles. The molecule has 0 bridgehead atoms. The largest absolute Gasteiger partial charge is 0.304 e. The maximum atomic E-state index is 4.32. The van der Waals surface area contributed by atoms with Crippen molar-refractivity contribution in [1.82, 2.24) is 29.9 Å². The Labute approximate surface area is 118 Å². The molecule has 0 aliphatic heterocycles. The molecular formula is C12H13BrN6. The number of halogens is 1. The van der Waals surface area contributed by atoms with Crippen molar-refractivity contribution in [2.24, 2.45) is 0 Å². The van der Waals surface area contributed by atoms with Crippen LogP contribution >= 0.6 is 15.9 Å². The fraction of sp³-hybridized carbons (Fsp3) is 0.250. The van der Waals surface area contributed by atoms with Crippen molar-refractivity contribution in [1.29, 1.82) is 0 Å². The van der Waals surface area contributed by atoms with Crippen LogP contribution in [0.3, 0.4) is 0 Å². The van der Waals surface area contributed by atoms with Crippen molar-refractivity contribution in [3.05, 3.63) is 46.8 Å². The Balaban J connectivity index is 1.77. The van der Waals surface area contributed by atoms with E-state index in [1.54, 1.807) is 6.20 Å². The predicted octanol–water partition coefficient (Wildman–Crippen LogP) is 2.07. The van der Waals surface area contributed by atoms with Crippen molar-refractivity contribution < 1.29 is 0 Å². The highest BCUT2D eigenvalue weighted by Gasteiger charge is 2.08. The fourth-order valence-electron chi connectivity index (χ4n) is 1.92. The van der Waals surface area contributed by atoms with Crippen LogP contribution in [-0.2, 0) is 6.54 Å². The Bertz CT molecular complexity index is 675. The highest BCUT2D eigenvalue weighted by atomic mass is 79.9. The third-order valence-electron chi connectivity index (χ3n) is 3.05. The number of aromatic amines is 1. The zero-order chi connectivity index (χ0) is 13.2. The van der Waals surface area contributed by atoms with Crippen molar-refractivity contribution in [3.8, 4) is 0 Å². The zero-order valence-electron chi connectivity index (χ0n) is 10.3. The first-order valence-electron chi connectivity index (χ1n) is 5.93. The number of fused-ring (bicyclic) bond motifs is 1. The molecule has 0 fully saturated rings. The molecule has 0 aliphatic carbocycles. The van der Waals surface area contributed by atoms with E-state index in [0.717, 1.165) is 28.1 Å². The van der Waals surface area contributed by atoms with Crippen LogP contribution in [0.25, 0.3) is 5.65 Å². The van der Waals surface area contributed by atoms with Gasteiger partial charge in [-0.2, -0.15) is 5.10 Å². The monoisotopic (exact) mass is 320 g/mol. The summed E-state index contributed by atoms with van der Waals surface area (Å²) in [6.45, 7) is 2.83. The highest BCUT2D eigenvalue weighted by Crippen LogP contribution is 2.13. The van der Waals surface area contributed by atoms with Crippen molar-refractivity contribution in [2.45, 2.75) is 19.5 Å². The van der Waals surface area contributed by atoms with E-state index in [4.69, 9.17) is 0 Å². The van der Waals surface area contributed by atoms with Crippen LogP contribution in [0, 0.1) is 0 Å². The summed E-state index contributed by atoms with van der Waals surface area (Å²) in [5.74, 6) is 0. The molecule has 19 heavy (non-hydrogen) atoms. The molecule has 7 heteroatoms. The van der Waals surface area contributed by atoms with Crippen LogP contribution < -0.4 is 5.32 Å². The topological polar surface area (TPSA) is 70.9 Å². The van der Waals surface area contributed by atoms with Gasteiger partial charge in [-0.05, 0) is 22.9 Å². The van der Waals surface area contributed by atoms with Gasteiger partial charge in [-0.25, -0.2) is 9.97 Å². The molecule has 0 spiro atoms. The van der Waals surface area contributed by atoms with E-state index >= 15 is 0 Å². The number of hydrogen-bond acceptors (Lipinski definition) is 4. The number of rotatable bonds is 4. The number of hydrogen-bond donors (Lipinski definition) is 2. The fourth-order valence-corrected chi connectivity index (χ4v) is 2.23. The van der Waals surface area contributed by atoms with E-state index in [9.17, 15) is 0 Å². The summed E-state index contributed by atoms with van der Waals surface area (Å²) in [5.41, 5.74) is 3.07. The van der Waals surface area contributed by atoms with Crippen LogP contribution in [0.5, 0.6) is 0 Å². The summed E-state index contributed by atoms with van der Waals surface area (Å²) in [6.07, 6.45) is 9.24. The van der Waals surface area contributed by atoms with E-state index in [1.807, 2.05) is 29.2 Å². The average Bonchev–Trinajstić information content (AvgIpc) is 3.05. The van der Waals surface area contributed by atoms with Gasteiger partial charge >= 0.3 is 0 Å². The molecule has 1 unspecified atom stereocenters. The molecule has 0 aliphatic rings. The van der Waals surface area contributed by atoms with Crippen LogP contribution in [0.4, 0.5) is 0 Å². The summed E-state index contributed by atoms with van der Waals surface area (Å²) in [4.78, 5) is 8.48. The summed E-state index contributed by atoms with van der Waals surface area (Å²) in [7, 11) is 0. The minimum absolute atomic E-state index is 0.231. The average molecular weight is 321 g/mol. The molecule has 0 saturated carbocycles. The summed E-state index contributed by atoms with van der Waals surface area (Å²) < 4.78 is 2.81. The van der Waals surface area contributed by atoms with Crippen molar-refractivity contribution in [2.75, 3.05) is 0 Å². The highest BCUT2D eigenvalue weighted by molar-refractivity contribution is 9.10. The second-order valence-corrected chi connectivity index (χ2v) is 5.13. The van der Waals surface area contributed by atoms with Gasteiger partial charge in [0.25, 0.3) is 0 Å². The molecule has 98 valence electrons. The molecule has 0 aromatic carbocycles. The molecule has 1 atom stereocenters. The van der Waals surface area contributed by atoms with Crippen LogP contribution in [-0.4, -0.2) is 24.6 Å². The van der Waals surface area contributed by atoms with E-state index in [1.165, 1.54) is 0 Å². The Morgan fingerprint density at radius 3 is 3.05 bits per heavy atom. The second kappa shape index (κ2) is 5.10. The molecule has 3 heterocycles. The van der Waals surface area contributed by atoms with Crippen LogP contribution in [0.2, 0.25) is 0 Å². The number of nitrogens with one attached hydrogen (secondary N) is 2. The molecule has 3 aromatic rings. The number of aromatic nitrogens is 5. The van der Waals surface area contributed by atoms with Gasteiger partial charge in [0.2, 0.25) is 0 Å². The van der Waals surface area contributed by atoms with E-state index in [-0.39, 0.29) is 6.04 Å². The van der Waals surface area contributed by atoms with Crippen LogP contribution in [0.15, 0.2) is 35.6 Å². The molecular weight excluding hydrogens is 308 g/mol. The van der Waals surface area contributed by atoms with Crippen LogP contribution in [0.1, 0.15) is 24.2 Å². The molecule has 6 nitrogen and oxygen atoms in total. The maximum Gasteiger partial charge on any atom is 0.155 e. The van der Waals surface area contributed by atoms with E-state index < -0.39 is 0 Å². The lowest BCUT2D eigenvalue weighted by Gasteiger charge is -2.11. The molecule has 0 radical (unpaired) electrons. The van der Waals surface area contributed by atoms with Gasteiger partial charge in [0.15, 0.2) is 5.65 Å². The van der Waals surface area contributed by atoms with Gasteiger partial charge in [-0.1, -0.05) is 0 Å². The van der Waals surface area contributed by atoms with E-state index in [0.29, 0.717) is 0 Å². The predicted molar refractivity (Wildman–Crippen MR) is 74.5 cm³/mol. The van der Waals surface area contributed by atoms with Crippen molar-refractivity contribution >= 4 is 21.6 Å². The number of imidazole rings is 1. The van der Waals surface area contributed by atoms with Gasteiger partial charge in [0.05, 0.1) is 24.3 Å². The first-order chi connectivity index (χ1) is 9.24. The lowest BCUT2D eigenvalue weighted by Crippen LogP contribution is -2.18. The molecule has 0 amide bonds. The smallest absolute Gasteiger partial charge is 0.155 e. The first kappa shape index (κ1) is 12.3. The maximum absolute atomic E-state index is 4.32. The van der Waals surface area contributed by atoms with Gasteiger partial charge in [-0.15, -0.1) is 0 Å². The second-order valence-electron chi connectivity index (χ2n) is 4.32. The molecule has 3 rings (SSSR count). The zero-order valence-corrected chi connectivity index (χ0v) is 11.9. The normalized spacial score (nSPS) is 12.9. The third kappa shape index (κ3) is 2.52. The third-order valence-corrected chi connectivity index (χ3v) is 3.46. The SMILES string of the molecule is CC(NCc1cnc2cnc(Br)cn12)c1cn[nH]c1. The Kier molecular flexibility index (Phi) is 3.31.